The molecular formula is C16H24N2O. The maximum Gasteiger partial charge on any atom is 0.0480 e. The molecule has 0 saturated heterocycles. The van der Waals surface area contributed by atoms with E-state index in [0.717, 1.165) is 39.3 Å². The van der Waals surface area contributed by atoms with Crippen molar-refractivity contribution < 1.29 is 4.74 Å². The molecule has 3 heteroatoms. The number of hydrogen-bond acceptors (Lipinski definition) is 2. The van der Waals surface area contributed by atoms with Crippen LogP contribution in [0.25, 0.3) is 10.9 Å². The minimum atomic E-state index is 0.828. The molecule has 0 unspecified atom stereocenters. The van der Waals surface area contributed by atoms with Gasteiger partial charge in [0, 0.05) is 38.0 Å². The molecule has 0 aliphatic carbocycles. The Kier molecular flexibility index (Phi) is 5.92. The van der Waals surface area contributed by atoms with Crippen LogP contribution < -0.4 is 5.32 Å². The number of aromatic nitrogens is 1. The van der Waals surface area contributed by atoms with Gasteiger partial charge in [0.25, 0.3) is 0 Å². The summed E-state index contributed by atoms with van der Waals surface area (Å²) in [6.07, 6.45) is 4.50. The summed E-state index contributed by atoms with van der Waals surface area (Å²) < 4.78 is 7.62. The molecule has 1 heterocycles. The summed E-state index contributed by atoms with van der Waals surface area (Å²) in [7, 11) is 0. The van der Waals surface area contributed by atoms with Gasteiger partial charge in [-0.15, -0.1) is 0 Å². The monoisotopic (exact) mass is 260 g/mol. The highest BCUT2D eigenvalue weighted by molar-refractivity contribution is 5.79. The van der Waals surface area contributed by atoms with Crippen LogP contribution in [0, 0.1) is 0 Å². The standard InChI is InChI=1S/C16H24N2O/c1-2-19-14-6-5-10-17-11-13-18-12-9-15-7-3-4-8-16(15)18/h3-4,7-9,12,17H,2,5-6,10-11,13-14H2,1H3. The summed E-state index contributed by atoms with van der Waals surface area (Å²) in [5, 5.41) is 4.81. The van der Waals surface area contributed by atoms with E-state index in [1.54, 1.807) is 0 Å². The fraction of sp³-hybridized carbons (Fsp3) is 0.500. The molecule has 0 amide bonds. The fourth-order valence-corrected chi connectivity index (χ4v) is 2.26. The third-order valence-corrected chi connectivity index (χ3v) is 3.31. The van der Waals surface area contributed by atoms with Gasteiger partial charge in [-0.2, -0.15) is 0 Å². The van der Waals surface area contributed by atoms with Gasteiger partial charge in [-0.05, 0) is 43.8 Å². The largest absolute Gasteiger partial charge is 0.382 e. The van der Waals surface area contributed by atoms with E-state index in [2.05, 4.69) is 46.4 Å². The molecule has 0 bridgehead atoms. The van der Waals surface area contributed by atoms with Crippen LogP contribution in [0.3, 0.4) is 0 Å². The van der Waals surface area contributed by atoms with Crippen LogP contribution in [-0.4, -0.2) is 30.9 Å². The first kappa shape index (κ1) is 14.1. The second-order valence-electron chi connectivity index (χ2n) is 4.72. The summed E-state index contributed by atoms with van der Waals surface area (Å²) in [4.78, 5) is 0. The van der Waals surface area contributed by atoms with Crippen molar-refractivity contribution in [2.45, 2.75) is 26.3 Å². The molecule has 1 aromatic carbocycles. The number of benzene rings is 1. The average molecular weight is 260 g/mol. The average Bonchev–Trinajstić information content (AvgIpc) is 2.85. The maximum absolute atomic E-state index is 5.32. The van der Waals surface area contributed by atoms with Crippen molar-refractivity contribution in [3.8, 4) is 0 Å². The zero-order valence-electron chi connectivity index (χ0n) is 11.8. The van der Waals surface area contributed by atoms with Gasteiger partial charge in [-0.3, -0.25) is 0 Å². The Balaban J connectivity index is 1.63. The Morgan fingerprint density at radius 3 is 2.89 bits per heavy atom. The Morgan fingerprint density at radius 1 is 1.11 bits per heavy atom. The first-order chi connectivity index (χ1) is 9.42. The normalized spacial score (nSPS) is 11.2. The van der Waals surface area contributed by atoms with Crippen LogP contribution in [-0.2, 0) is 11.3 Å². The third-order valence-electron chi connectivity index (χ3n) is 3.31. The second kappa shape index (κ2) is 7.97. The number of para-hydroxylation sites is 1. The highest BCUT2D eigenvalue weighted by Gasteiger charge is 1.98. The number of fused-ring (bicyclic) bond motifs is 1. The molecular weight excluding hydrogens is 236 g/mol. The van der Waals surface area contributed by atoms with E-state index in [1.807, 2.05) is 6.92 Å². The molecule has 0 aliphatic heterocycles. The second-order valence-corrected chi connectivity index (χ2v) is 4.72. The predicted molar refractivity (Wildman–Crippen MR) is 80.5 cm³/mol. The minimum Gasteiger partial charge on any atom is -0.382 e. The molecule has 0 saturated carbocycles. The first-order valence-electron chi connectivity index (χ1n) is 7.24. The molecule has 0 radical (unpaired) electrons. The summed E-state index contributed by atoms with van der Waals surface area (Å²) in [6, 6.07) is 10.7. The third kappa shape index (κ3) is 4.37. The molecule has 3 nitrogen and oxygen atoms in total. The van der Waals surface area contributed by atoms with E-state index in [4.69, 9.17) is 4.74 Å². The van der Waals surface area contributed by atoms with Crippen molar-refractivity contribution in [2.75, 3.05) is 26.3 Å². The zero-order chi connectivity index (χ0) is 13.3. The Labute approximate surface area is 115 Å². The quantitative estimate of drug-likeness (QED) is 0.701. The molecule has 1 N–H and O–H groups in total. The molecule has 0 spiro atoms. The predicted octanol–water partition coefficient (Wildman–Crippen LogP) is 3.05. The lowest BCUT2D eigenvalue weighted by Gasteiger charge is -2.07. The van der Waals surface area contributed by atoms with Gasteiger partial charge in [-0.25, -0.2) is 0 Å². The van der Waals surface area contributed by atoms with Crippen LogP contribution in [0.15, 0.2) is 36.5 Å². The fourth-order valence-electron chi connectivity index (χ4n) is 2.26. The van der Waals surface area contributed by atoms with Crippen molar-refractivity contribution >= 4 is 10.9 Å². The number of rotatable bonds is 9. The van der Waals surface area contributed by atoms with Gasteiger partial charge >= 0.3 is 0 Å². The van der Waals surface area contributed by atoms with E-state index < -0.39 is 0 Å². The first-order valence-corrected chi connectivity index (χ1v) is 7.24. The van der Waals surface area contributed by atoms with Crippen molar-refractivity contribution in [2.24, 2.45) is 0 Å². The van der Waals surface area contributed by atoms with Crippen LogP contribution in [0.5, 0.6) is 0 Å². The lowest BCUT2D eigenvalue weighted by molar-refractivity contribution is 0.143. The Bertz CT molecular complexity index is 478. The number of hydrogen-bond donors (Lipinski definition) is 1. The number of unbranched alkanes of at least 4 members (excludes halogenated alkanes) is 1. The van der Waals surface area contributed by atoms with Crippen LogP contribution in [0.1, 0.15) is 19.8 Å². The number of nitrogens with zero attached hydrogens (tertiary/aromatic N) is 1. The molecule has 0 atom stereocenters. The van der Waals surface area contributed by atoms with Crippen LogP contribution in [0.2, 0.25) is 0 Å². The molecule has 0 fully saturated rings. The summed E-state index contributed by atoms with van der Waals surface area (Å²) in [5.74, 6) is 0. The number of ether oxygens (including phenoxy) is 1. The Hall–Kier alpha value is -1.32. The van der Waals surface area contributed by atoms with Gasteiger partial charge in [-0.1, -0.05) is 18.2 Å². The van der Waals surface area contributed by atoms with Gasteiger partial charge in [0.1, 0.15) is 0 Å². The smallest absolute Gasteiger partial charge is 0.0480 e. The van der Waals surface area contributed by atoms with Crippen molar-refractivity contribution in [3.05, 3.63) is 36.5 Å². The van der Waals surface area contributed by atoms with E-state index >= 15 is 0 Å². The topological polar surface area (TPSA) is 26.2 Å². The van der Waals surface area contributed by atoms with Crippen molar-refractivity contribution in [3.63, 3.8) is 0 Å². The maximum atomic E-state index is 5.32. The lowest BCUT2D eigenvalue weighted by Crippen LogP contribution is -2.21. The van der Waals surface area contributed by atoms with E-state index in [9.17, 15) is 0 Å². The molecule has 19 heavy (non-hydrogen) atoms. The highest BCUT2D eigenvalue weighted by Crippen LogP contribution is 2.14. The van der Waals surface area contributed by atoms with E-state index in [1.165, 1.54) is 17.3 Å². The SMILES string of the molecule is CCOCCCCNCCn1ccc2ccccc21. The molecule has 2 aromatic rings. The molecule has 0 aliphatic rings. The van der Waals surface area contributed by atoms with Crippen LogP contribution >= 0.6 is 0 Å². The van der Waals surface area contributed by atoms with Gasteiger partial charge < -0.3 is 14.6 Å². The van der Waals surface area contributed by atoms with Crippen LogP contribution in [0.4, 0.5) is 0 Å². The lowest BCUT2D eigenvalue weighted by atomic mass is 10.2. The van der Waals surface area contributed by atoms with E-state index in [-0.39, 0.29) is 0 Å². The number of nitrogens with one attached hydrogen (secondary N) is 1. The van der Waals surface area contributed by atoms with Gasteiger partial charge in [0.15, 0.2) is 0 Å². The van der Waals surface area contributed by atoms with Crippen molar-refractivity contribution in [1.29, 1.82) is 0 Å². The van der Waals surface area contributed by atoms with Gasteiger partial charge in [0.2, 0.25) is 0 Å². The molecule has 104 valence electrons. The zero-order valence-corrected chi connectivity index (χ0v) is 11.8. The summed E-state index contributed by atoms with van der Waals surface area (Å²) in [5.41, 5.74) is 1.32. The summed E-state index contributed by atoms with van der Waals surface area (Å²) in [6.45, 7) is 6.88. The highest BCUT2D eigenvalue weighted by atomic mass is 16.5. The molecule has 2 rings (SSSR count). The van der Waals surface area contributed by atoms with E-state index in [0.29, 0.717) is 0 Å². The van der Waals surface area contributed by atoms with Crippen molar-refractivity contribution in [1.82, 2.24) is 9.88 Å². The Morgan fingerprint density at radius 2 is 2.00 bits per heavy atom. The van der Waals surface area contributed by atoms with Gasteiger partial charge in [0.05, 0.1) is 0 Å². The minimum absolute atomic E-state index is 0.828. The summed E-state index contributed by atoms with van der Waals surface area (Å²) >= 11 is 0. The molecule has 1 aromatic heterocycles.